The first kappa shape index (κ1) is 13.4. The van der Waals surface area contributed by atoms with E-state index >= 15 is 0 Å². The van der Waals surface area contributed by atoms with Crippen molar-refractivity contribution in [1.29, 1.82) is 0 Å². The summed E-state index contributed by atoms with van der Waals surface area (Å²) < 4.78 is 0. The molecule has 0 saturated heterocycles. The molecule has 1 aromatic heterocycles. The van der Waals surface area contributed by atoms with Crippen molar-refractivity contribution < 1.29 is 0 Å². The third-order valence-electron chi connectivity index (χ3n) is 2.80. The molecule has 0 unspecified atom stereocenters. The molecule has 3 rings (SSSR count). The van der Waals surface area contributed by atoms with Crippen LogP contribution in [-0.2, 0) is 0 Å². The fraction of sp³-hybridized carbons (Fsp3) is 0. The Morgan fingerprint density at radius 2 is 1.70 bits per heavy atom. The van der Waals surface area contributed by atoms with Gasteiger partial charge in [-0.3, -0.25) is 0 Å². The molecule has 2 N–H and O–H groups in total. The minimum Gasteiger partial charge on any atom is -0.399 e. The van der Waals surface area contributed by atoms with Crippen molar-refractivity contribution in [3.05, 3.63) is 57.9 Å². The second-order valence-corrected chi connectivity index (χ2v) is 6.05. The molecule has 0 aliphatic heterocycles. The van der Waals surface area contributed by atoms with Crippen molar-refractivity contribution in [2.24, 2.45) is 0 Å². The summed E-state index contributed by atoms with van der Waals surface area (Å²) in [5.41, 5.74) is 9.34. The highest BCUT2D eigenvalue weighted by Gasteiger charge is 2.08. The average molecular weight is 321 g/mol. The maximum Gasteiger partial charge on any atom is 0.124 e. The van der Waals surface area contributed by atoms with E-state index < -0.39 is 0 Å². The van der Waals surface area contributed by atoms with Crippen LogP contribution in [-0.4, -0.2) is 4.98 Å². The Bertz CT molecular complexity index is 748. The van der Waals surface area contributed by atoms with E-state index in [2.05, 4.69) is 4.98 Å². The lowest BCUT2D eigenvalue weighted by atomic mass is 10.1. The molecule has 5 heteroatoms. The topological polar surface area (TPSA) is 38.9 Å². The van der Waals surface area contributed by atoms with Gasteiger partial charge in [-0.1, -0.05) is 35.3 Å². The van der Waals surface area contributed by atoms with E-state index in [4.69, 9.17) is 28.9 Å². The van der Waals surface area contributed by atoms with Gasteiger partial charge in [-0.15, -0.1) is 11.3 Å². The summed E-state index contributed by atoms with van der Waals surface area (Å²) in [4.78, 5) is 4.62. The third-order valence-corrected chi connectivity index (χ3v) is 4.12. The molecule has 2 aromatic carbocycles. The maximum atomic E-state index is 6.02. The standard InChI is InChI=1S/C15H10Cl2N2S/c16-11-4-10(5-12(17)7-11)15-19-14(8-20-15)9-2-1-3-13(18)6-9/h1-8H,18H2. The lowest BCUT2D eigenvalue weighted by Gasteiger charge is -2.00. The molecular weight excluding hydrogens is 311 g/mol. The predicted molar refractivity (Wildman–Crippen MR) is 87.4 cm³/mol. The van der Waals surface area contributed by atoms with Gasteiger partial charge >= 0.3 is 0 Å². The first-order chi connectivity index (χ1) is 9.61. The summed E-state index contributed by atoms with van der Waals surface area (Å²) in [6.07, 6.45) is 0. The van der Waals surface area contributed by atoms with Crippen LogP contribution in [0.5, 0.6) is 0 Å². The summed E-state index contributed by atoms with van der Waals surface area (Å²) in [6.45, 7) is 0. The smallest absolute Gasteiger partial charge is 0.124 e. The van der Waals surface area contributed by atoms with Crippen LogP contribution in [0, 0.1) is 0 Å². The minimum atomic E-state index is 0.605. The van der Waals surface area contributed by atoms with Crippen LogP contribution < -0.4 is 5.73 Å². The van der Waals surface area contributed by atoms with E-state index in [1.807, 2.05) is 41.8 Å². The molecule has 1 heterocycles. The van der Waals surface area contributed by atoms with Crippen LogP contribution in [0.2, 0.25) is 10.0 Å². The van der Waals surface area contributed by atoms with E-state index in [9.17, 15) is 0 Å². The monoisotopic (exact) mass is 320 g/mol. The molecular formula is C15H10Cl2N2S. The number of nitrogens with zero attached hydrogens (tertiary/aromatic N) is 1. The average Bonchev–Trinajstić information content (AvgIpc) is 2.87. The van der Waals surface area contributed by atoms with Gasteiger partial charge in [-0.05, 0) is 30.3 Å². The molecule has 100 valence electrons. The van der Waals surface area contributed by atoms with Crippen molar-refractivity contribution in [2.75, 3.05) is 5.73 Å². The van der Waals surface area contributed by atoms with Crippen molar-refractivity contribution in [3.63, 3.8) is 0 Å². The number of rotatable bonds is 2. The molecule has 0 atom stereocenters. The zero-order chi connectivity index (χ0) is 14.1. The number of benzene rings is 2. The summed E-state index contributed by atoms with van der Waals surface area (Å²) in [5.74, 6) is 0. The Balaban J connectivity index is 2.02. The first-order valence-corrected chi connectivity index (χ1v) is 7.53. The zero-order valence-electron chi connectivity index (χ0n) is 10.3. The number of nitrogens with two attached hydrogens (primary N) is 1. The Morgan fingerprint density at radius 1 is 0.950 bits per heavy atom. The minimum absolute atomic E-state index is 0.605. The predicted octanol–water partition coefficient (Wildman–Crippen LogP) is 5.37. The number of aromatic nitrogens is 1. The van der Waals surface area contributed by atoms with Gasteiger partial charge in [-0.25, -0.2) is 4.98 Å². The summed E-state index contributed by atoms with van der Waals surface area (Å²) >= 11 is 13.6. The highest BCUT2D eigenvalue weighted by molar-refractivity contribution is 7.13. The maximum absolute atomic E-state index is 6.02. The first-order valence-electron chi connectivity index (χ1n) is 5.90. The van der Waals surface area contributed by atoms with Crippen LogP contribution in [0.15, 0.2) is 47.8 Å². The van der Waals surface area contributed by atoms with Gasteiger partial charge in [-0.2, -0.15) is 0 Å². The molecule has 0 aliphatic carbocycles. The molecule has 2 nitrogen and oxygen atoms in total. The Labute approximate surface area is 130 Å². The number of halogens is 2. The molecule has 0 amide bonds. The number of thiazole rings is 1. The van der Waals surface area contributed by atoms with Gasteiger partial charge < -0.3 is 5.73 Å². The number of nitrogen functional groups attached to an aromatic ring is 1. The molecule has 0 radical (unpaired) electrons. The molecule has 0 aliphatic rings. The Kier molecular flexibility index (Phi) is 3.66. The molecule has 0 bridgehead atoms. The fourth-order valence-corrected chi connectivity index (χ4v) is 3.26. The van der Waals surface area contributed by atoms with E-state index in [0.29, 0.717) is 10.0 Å². The summed E-state index contributed by atoms with van der Waals surface area (Å²) in [7, 11) is 0. The van der Waals surface area contributed by atoms with Crippen LogP contribution in [0.4, 0.5) is 5.69 Å². The van der Waals surface area contributed by atoms with E-state index in [0.717, 1.165) is 27.5 Å². The van der Waals surface area contributed by atoms with Crippen molar-refractivity contribution in [2.45, 2.75) is 0 Å². The Hall–Kier alpha value is -1.55. The number of hydrogen-bond donors (Lipinski definition) is 1. The number of hydrogen-bond acceptors (Lipinski definition) is 3. The molecule has 0 saturated carbocycles. The number of anilines is 1. The lowest BCUT2D eigenvalue weighted by Crippen LogP contribution is -1.85. The van der Waals surface area contributed by atoms with E-state index in [1.54, 1.807) is 17.4 Å². The largest absolute Gasteiger partial charge is 0.399 e. The zero-order valence-corrected chi connectivity index (χ0v) is 12.6. The molecule has 20 heavy (non-hydrogen) atoms. The molecule has 0 fully saturated rings. The summed E-state index contributed by atoms with van der Waals surface area (Å²) in [5, 5.41) is 4.09. The van der Waals surface area contributed by atoms with E-state index in [-0.39, 0.29) is 0 Å². The van der Waals surface area contributed by atoms with E-state index in [1.165, 1.54) is 0 Å². The highest BCUT2D eigenvalue weighted by Crippen LogP contribution is 2.32. The van der Waals surface area contributed by atoms with Gasteiger partial charge in [0.2, 0.25) is 0 Å². The van der Waals surface area contributed by atoms with Gasteiger partial charge in [0.05, 0.1) is 5.69 Å². The van der Waals surface area contributed by atoms with Crippen molar-refractivity contribution in [1.82, 2.24) is 4.98 Å². The third kappa shape index (κ3) is 2.80. The van der Waals surface area contributed by atoms with Crippen LogP contribution in [0.1, 0.15) is 0 Å². The van der Waals surface area contributed by atoms with Crippen LogP contribution in [0.3, 0.4) is 0 Å². The Morgan fingerprint density at radius 3 is 2.40 bits per heavy atom. The SMILES string of the molecule is Nc1cccc(-c2csc(-c3cc(Cl)cc(Cl)c3)n2)c1. The normalized spacial score (nSPS) is 10.7. The fourth-order valence-electron chi connectivity index (χ4n) is 1.91. The van der Waals surface area contributed by atoms with Gasteiger partial charge in [0.25, 0.3) is 0 Å². The van der Waals surface area contributed by atoms with Crippen LogP contribution >= 0.6 is 34.5 Å². The second kappa shape index (κ2) is 5.44. The highest BCUT2D eigenvalue weighted by atomic mass is 35.5. The summed E-state index contributed by atoms with van der Waals surface area (Å²) in [6, 6.07) is 13.1. The van der Waals surface area contributed by atoms with Crippen molar-refractivity contribution >= 4 is 40.2 Å². The second-order valence-electron chi connectivity index (χ2n) is 4.32. The quantitative estimate of drug-likeness (QED) is 0.645. The molecule has 3 aromatic rings. The lowest BCUT2D eigenvalue weighted by molar-refractivity contribution is 1.40. The van der Waals surface area contributed by atoms with Gasteiger partial charge in [0.1, 0.15) is 5.01 Å². The van der Waals surface area contributed by atoms with Crippen molar-refractivity contribution in [3.8, 4) is 21.8 Å². The van der Waals surface area contributed by atoms with Gasteiger partial charge in [0, 0.05) is 32.2 Å². The van der Waals surface area contributed by atoms with Gasteiger partial charge in [0.15, 0.2) is 0 Å². The molecule has 0 spiro atoms. The van der Waals surface area contributed by atoms with Crippen LogP contribution in [0.25, 0.3) is 21.8 Å².